The van der Waals surface area contributed by atoms with E-state index in [2.05, 4.69) is 20.5 Å². The van der Waals surface area contributed by atoms with Crippen LogP contribution in [-0.2, 0) is 0 Å². The van der Waals surface area contributed by atoms with E-state index in [0.29, 0.717) is 22.6 Å². The summed E-state index contributed by atoms with van der Waals surface area (Å²) in [6, 6.07) is 13.0. The normalized spacial score (nSPS) is 10.8. The molecule has 0 saturated heterocycles. The van der Waals surface area contributed by atoms with Crippen LogP contribution >= 0.6 is 0 Å². The van der Waals surface area contributed by atoms with Crippen LogP contribution in [0, 0.1) is 5.82 Å². The molecule has 0 fully saturated rings. The van der Waals surface area contributed by atoms with Crippen molar-refractivity contribution in [3.05, 3.63) is 66.2 Å². The van der Waals surface area contributed by atoms with Crippen molar-refractivity contribution in [2.75, 3.05) is 12.4 Å². The van der Waals surface area contributed by atoms with Crippen molar-refractivity contribution in [3.63, 3.8) is 0 Å². The van der Waals surface area contributed by atoms with Crippen LogP contribution in [0.4, 0.5) is 15.9 Å². The van der Waals surface area contributed by atoms with E-state index < -0.39 is 0 Å². The molecule has 2 aromatic heterocycles. The predicted octanol–water partition coefficient (Wildman–Crippen LogP) is 3.91. The molecule has 4 rings (SSSR count). The number of benzene rings is 2. The van der Waals surface area contributed by atoms with Crippen molar-refractivity contribution < 1.29 is 13.9 Å². The Hall–Kier alpha value is -3.81. The molecule has 140 valence electrons. The zero-order chi connectivity index (χ0) is 19.7. The largest absolute Gasteiger partial charge is 0.496 e. The summed E-state index contributed by atoms with van der Waals surface area (Å²) >= 11 is 0. The Morgan fingerprint density at radius 2 is 1.89 bits per heavy atom. The third-order valence-electron chi connectivity index (χ3n) is 4.21. The number of ketones is 1. The van der Waals surface area contributed by atoms with Gasteiger partial charge < -0.3 is 10.1 Å². The van der Waals surface area contributed by atoms with Gasteiger partial charge in [0.2, 0.25) is 0 Å². The first-order valence-corrected chi connectivity index (χ1v) is 8.50. The lowest BCUT2D eigenvalue weighted by Crippen LogP contribution is -2.01. The van der Waals surface area contributed by atoms with E-state index in [-0.39, 0.29) is 23.1 Å². The molecule has 8 heteroatoms. The van der Waals surface area contributed by atoms with Crippen LogP contribution in [0.15, 0.2) is 54.7 Å². The highest BCUT2D eigenvalue weighted by Crippen LogP contribution is 2.32. The van der Waals surface area contributed by atoms with Crippen LogP contribution in [0.1, 0.15) is 17.4 Å². The fourth-order valence-corrected chi connectivity index (χ4v) is 2.87. The number of methoxy groups -OCH3 is 1. The molecule has 0 bridgehead atoms. The van der Waals surface area contributed by atoms with Crippen LogP contribution in [0.2, 0.25) is 0 Å². The average molecular weight is 377 g/mol. The van der Waals surface area contributed by atoms with E-state index in [4.69, 9.17) is 4.74 Å². The van der Waals surface area contributed by atoms with Gasteiger partial charge in [0, 0.05) is 18.5 Å². The van der Waals surface area contributed by atoms with Crippen LogP contribution < -0.4 is 10.1 Å². The average Bonchev–Trinajstić information content (AvgIpc) is 3.13. The Labute approximate surface area is 159 Å². The number of Topliss-reactive ketones (excluding diaryl/α,β-unsaturated/α-hetero) is 1. The van der Waals surface area contributed by atoms with Crippen molar-refractivity contribution >= 4 is 28.2 Å². The number of fused-ring (bicyclic) bond motifs is 1. The number of pyridine rings is 1. The van der Waals surface area contributed by atoms with Crippen LogP contribution in [0.3, 0.4) is 0 Å². The van der Waals surface area contributed by atoms with Crippen LogP contribution in [0.25, 0.3) is 16.6 Å². The van der Waals surface area contributed by atoms with Crippen molar-refractivity contribution in [1.82, 2.24) is 20.0 Å². The maximum absolute atomic E-state index is 13.2. The van der Waals surface area contributed by atoms with Crippen molar-refractivity contribution in [1.29, 1.82) is 0 Å². The van der Waals surface area contributed by atoms with Gasteiger partial charge in [-0.3, -0.25) is 9.78 Å². The maximum Gasteiger partial charge on any atom is 0.184 e. The van der Waals surface area contributed by atoms with Crippen molar-refractivity contribution in [2.24, 2.45) is 0 Å². The summed E-state index contributed by atoms with van der Waals surface area (Å²) in [7, 11) is 1.59. The number of anilines is 2. The Kier molecular flexibility index (Phi) is 4.44. The number of ether oxygens (including phenoxy) is 1. The minimum atomic E-state index is -0.364. The van der Waals surface area contributed by atoms with Gasteiger partial charge in [0.05, 0.1) is 24.0 Å². The molecular weight excluding hydrogens is 361 g/mol. The molecule has 1 N–H and O–H groups in total. The van der Waals surface area contributed by atoms with Gasteiger partial charge in [0.25, 0.3) is 0 Å². The van der Waals surface area contributed by atoms with E-state index in [1.807, 2.05) is 18.2 Å². The van der Waals surface area contributed by atoms with E-state index in [9.17, 15) is 9.18 Å². The molecule has 0 aliphatic heterocycles. The van der Waals surface area contributed by atoms with E-state index in [1.165, 1.54) is 36.0 Å². The fraction of sp³-hybridized carbons (Fsp3) is 0.100. The number of hydrogen-bond donors (Lipinski definition) is 1. The summed E-state index contributed by atoms with van der Waals surface area (Å²) in [5, 5.41) is 12.6. The molecular formula is C20H16FN5O2. The number of carbonyl (C=O) groups is 1. The molecule has 0 aliphatic rings. The third-order valence-corrected chi connectivity index (χ3v) is 4.21. The first-order valence-electron chi connectivity index (χ1n) is 8.50. The molecule has 0 spiro atoms. The molecule has 0 radical (unpaired) electrons. The summed E-state index contributed by atoms with van der Waals surface area (Å²) in [4.78, 5) is 17.8. The second-order valence-electron chi connectivity index (χ2n) is 6.06. The Morgan fingerprint density at radius 3 is 2.61 bits per heavy atom. The smallest absolute Gasteiger partial charge is 0.184 e. The number of aromatic nitrogens is 4. The molecule has 0 unspecified atom stereocenters. The van der Waals surface area contributed by atoms with E-state index in [1.54, 1.807) is 19.4 Å². The summed E-state index contributed by atoms with van der Waals surface area (Å²) in [6.07, 6.45) is 1.67. The molecule has 0 atom stereocenters. The maximum atomic E-state index is 13.2. The lowest BCUT2D eigenvalue weighted by atomic mass is 10.1. The summed E-state index contributed by atoms with van der Waals surface area (Å²) in [6.45, 7) is 1.41. The second kappa shape index (κ2) is 7.07. The van der Waals surface area contributed by atoms with Gasteiger partial charge >= 0.3 is 0 Å². The zero-order valence-electron chi connectivity index (χ0n) is 15.2. The fourth-order valence-electron chi connectivity index (χ4n) is 2.87. The van der Waals surface area contributed by atoms with Gasteiger partial charge in [-0.2, -0.15) is 0 Å². The number of hydrogen-bond acceptors (Lipinski definition) is 6. The molecule has 2 heterocycles. The lowest BCUT2D eigenvalue weighted by molar-refractivity contribution is 0.101. The van der Waals surface area contributed by atoms with Gasteiger partial charge in [-0.25, -0.2) is 4.39 Å². The highest BCUT2D eigenvalue weighted by atomic mass is 19.1. The SMILES string of the molecule is COc1ccc(Nc2nn(-c3ccc(F)cc3)nc2C(C)=O)c2ncccc12. The molecule has 0 amide bonds. The van der Waals surface area contributed by atoms with E-state index >= 15 is 0 Å². The molecule has 7 nitrogen and oxygen atoms in total. The highest BCUT2D eigenvalue weighted by Gasteiger charge is 2.18. The summed E-state index contributed by atoms with van der Waals surface area (Å²) in [5.41, 5.74) is 2.04. The lowest BCUT2D eigenvalue weighted by Gasteiger charge is -2.10. The number of rotatable bonds is 5. The van der Waals surface area contributed by atoms with Gasteiger partial charge in [-0.1, -0.05) is 0 Å². The standard InChI is InChI=1S/C20H16FN5O2/c1-12(27)18-20(25-26(24-18)14-7-5-13(21)6-8-14)23-16-9-10-17(28-2)15-4-3-11-22-19(15)16/h3-11H,1-2H3,(H,23,25). The Bertz CT molecular complexity index is 1170. The highest BCUT2D eigenvalue weighted by molar-refractivity contribution is 6.00. The monoisotopic (exact) mass is 377 g/mol. The van der Waals surface area contributed by atoms with Gasteiger partial charge in [-0.05, 0) is 48.5 Å². The number of nitrogens with zero attached hydrogens (tertiary/aromatic N) is 4. The molecule has 0 saturated carbocycles. The van der Waals surface area contributed by atoms with Crippen LogP contribution in [0.5, 0.6) is 5.75 Å². The van der Waals surface area contributed by atoms with Gasteiger partial charge in [-0.15, -0.1) is 15.0 Å². The quantitative estimate of drug-likeness (QED) is 0.531. The van der Waals surface area contributed by atoms with Crippen molar-refractivity contribution in [3.8, 4) is 11.4 Å². The minimum Gasteiger partial charge on any atom is -0.496 e. The van der Waals surface area contributed by atoms with Gasteiger partial charge in [0.15, 0.2) is 17.3 Å². The third kappa shape index (κ3) is 3.16. The summed E-state index contributed by atoms with van der Waals surface area (Å²) < 4.78 is 18.6. The number of carbonyl (C=O) groups excluding carboxylic acids is 1. The molecule has 0 aliphatic carbocycles. The number of halogens is 1. The second-order valence-corrected chi connectivity index (χ2v) is 6.06. The minimum absolute atomic E-state index is 0.171. The molecule has 28 heavy (non-hydrogen) atoms. The molecule has 4 aromatic rings. The first-order chi connectivity index (χ1) is 13.6. The zero-order valence-corrected chi connectivity index (χ0v) is 15.2. The summed E-state index contributed by atoms with van der Waals surface area (Å²) in [5.74, 6) is 0.364. The van der Waals surface area contributed by atoms with Crippen LogP contribution in [-0.4, -0.2) is 32.9 Å². The first kappa shape index (κ1) is 17.6. The predicted molar refractivity (Wildman–Crippen MR) is 103 cm³/mol. The number of nitrogens with one attached hydrogen (secondary N) is 1. The van der Waals surface area contributed by atoms with Crippen molar-refractivity contribution in [2.45, 2.75) is 6.92 Å². The van der Waals surface area contributed by atoms with Gasteiger partial charge in [0.1, 0.15) is 11.6 Å². The topological polar surface area (TPSA) is 81.9 Å². The van der Waals surface area contributed by atoms with E-state index in [0.717, 1.165) is 5.39 Å². The Morgan fingerprint density at radius 1 is 1.11 bits per heavy atom. The Balaban J connectivity index is 1.79. The molecule has 2 aromatic carbocycles.